The predicted octanol–water partition coefficient (Wildman–Crippen LogP) is 2.73. The highest BCUT2D eigenvalue weighted by atomic mass is 32.2. The third kappa shape index (κ3) is 4.79. The van der Waals surface area contributed by atoms with E-state index in [4.69, 9.17) is 5.26 Å². The van der Waals surface area contributed by atoms with Gasteiger partial charge in [-0.05, 0) is 37.8 Å². The molecule has 0 saturated carbocycles. The molecular formula is C19H31N3O5S. The zero-order valence-corrected chi connectivity index (χ0v) is 17.8. The van der Waals surface area contributed by atoms with Crippen LogP contribution >= 0.6 is 0 Å². The molecule has 28 heavy (non-hydrogen) atoms. The van der Waals surface area contributed by atoms with Gasteiger partial charge < -0.3 is 9.80 Å². The van der Waals surface area contributed by atoms with Crippen LogP contribution in [0, 0.1) is 0 Å². The molecule has 1 amide bonds. The van der Waals surface area contributed by atoms with E-state index < -0.39 is 17.3 Å². The molecule has 0 aromatic heterocycles. The molecule has 158 valence electrons. The van der Waals surface area contributed by atoms with Gasteiger partial charge in [0.1, 0.15) is 0 Å². The first-order valence-corrected chi connectivity index (χ1v) is 10.8. The number of nitrogens with zero attached hydrogens (tertiary/aromatic N) is 3. The maximum absolute atomic E-state index is 13.1. The summed E-state index contributed by atoms with van der Waals surface area (Å²) in [7, 11) is 0. The Morgan fingerprint density at radius 1 is 1.21 bits per heavy atom. The molecule has 9 heteroatoms. The monoisotopic (exact) mass is 413 g/mol. The van der Waals surface area contributed by atoms with E-state index in [2.05, 4.69) is 23.1 Å². The summed E-state index contributed by atoms with van der Waals surface area (Å²) < 4.78 is 15.7. The molecule has 2 N–H and O–H groups in total. The van der Waals surface area contributed by atoms with Gasteiger partial charge in [-0.3, -0.25) is 10.0 Å². The summed E-state index contributed by atoms with van der Waals surface area (Å²) in [6.07, 6.45) is 1.70. The van der Waals surface area contributed by atoms with Gasteiger partial charge in [-0.25, -0.2) is 9.47 Å². The zero-order chi connectivity index (χ0) is 20.8. The Bertz CT molecular complexity index is 679. The normalized spacial score (nSPS) is 22.1. The molecule has 1 aromatic carbocycles. The van der Waals surface area contributed by atoms with Gasteiger partial charge in [-0.2, -0.15) is 0 Å². The molecule has 2 heterocycles. The number of carbonyl (C=O) groups is 1. The minimum absolute atomic E-state index is 0.0604. The van der Waals surface area contributed by atoms with Crippen LogP contribution in [0.15, 0.2) is 24.3 Å². The van der Waals surface area contributed by atoms with E-state index in [9.17, 15) is 14.2 Å². The molecule has 0 spiro atoms. The number of amides is 1. The highest BCUT2D eigenvalue weighted by Gasteiger charge is 2.42. The molecule has 0 aliphatic carbocycles. The average Bonchev–Trinajstić information content (AvgIpc) is 2.73. The summed E-state index contributed by atoms with van der Waals surface area (Å²) in [6.45, 7) is 10.6. The molecule has 3 rings (SSSR count). The van der Waals surface area contributed by atoms with Crippen LogP contribution in [-0.4, -0.2) is 60.0 Å². The topological polar surface area (TPSA) is 93.6 Å². The first-order chi connectivity index (χ1) is 13.4. The Hall–Kier alpha value is -1.36. The number of benzene rings is 1. The fraction of sp³-hybridized carbons (Fsp3) is 0.632. The van der Waals surface area contributed by atoms with E-state index in [-0.39, 0.29) is 16.4 Å². The molecule has 1 saturated heterocycles. The lowest BCUT2D eigenvalue weighted by Gasteiger charge is -2.44. The third-order valence-corrected chi connectivity index (χ3v) is 5.96. The molecule has 8 nitrogen and oxygen atoms in total. The molecule has 2 aliphatic heterocycles. The largest absolute Gasteiger partial charge is 0.334 e. The number of hydroxylamine groups is 1. The lowest BCUT2D eigenvalue weighted by molar-refractivity contribution is -0.165. The first kappa shape index (κ1) is 22.9. The lowest BCUT2D eigenvalue weighted by atomic mass is 9.92. The Morgan fingerprint density at radius 2 is 1.82 bits per heavy atom. The summed E-state index contributed by atoms with van der Waals surface area (Å²) in [6, 6.07) is 6.59. The standard InChI is InChI=1S/C17H25N3O5S.C2H6/c1-12(2)18-9-7-14(8-10-18)19-11-13-5-3-4-6-15(13)16(17(19)21)20(22)26(24)25-23;1-2/h3-6,12,14,16,22-23H,7-11H2,1-2H3;1-2H3. The SMILES string of the molecule is CC.CC(C)N1CCC(N2Cc3ccccc3C(N(O)S(=O)OO)C2=O)CC1. The first-order valence-electron chi connectivity index (χ1n) is 9.78. The van der Waals surface area contributed by atoms with Gasteiger partial charge in [0.25, 0.3) is 11.3 Å². The van der Waals surface area contributed by atoms with Crippen molar-refractivity contribution in [3.8, 4) is 0 Å². The van der Waals surface area contributed by atoms with Gasteiger partial charge in [0.15, 0.2) is 6.04 Å². The second-order valence-corrected chi connectivity index (χ2v) is 7.98. The predicted molar refractivity (Wildman–Crippen MR) is 106 cm³/mol. The number of fused-ring (bicyclic) bond motifs is 1. The Labute approximate surface area is 169 Å². The van der Waals surface area contributed by atoms with Crippen LogP contribution < -0.4 is 0 Å². The summed E-state index contributed by atoms with van der Waals surface area (Å²) in [4.78, 5) is 17.2. The van der Waals surface area contributed by atoms with Crippen LogP contribution in [-0.2, 0) is 26.9 Å². The van der Waals surface area contributed by atoms with E-state index in [1.807, 2.05) is 26.0 Å². The molecule has 2 unspecified atom stereocenters. The van der Waals surface area contributed by atoms with E-state index in [0.29, 0.717) is 18.2 Å². The van der Waals surface area contributed by atoms with Gasteiger partial charge in [0, 0.05) is 31.7 Å². The van der Waals surface area contributed by atoms with E-state index >= 15 is 0 Å². The Kier molecular flexibility index (Phi) is 8.54. The number of rotatable bonds is 5. The van der Waals surface area contributed by atoms with E-state index in [1.165, 1.54) is 0 Å². The third-order valence-electron chi connectivity index (χ3n) is 5.31. The zero-order valence-electron chi connectivity index (χ0n) is 16.9. The van der Waals surface area contributed by atoms with Crippen LogP contribution in [0.1, 0.15) is 57.7 Å². The van der Waals surface area contributed by atoms with Crippen LogP contribution in [0.2, 0.25) is 0 Å². The minimum atomic E-state index is -2.54. The molecular weight excluding hydrogens is 382 g/mol. The summed E-state index contributed by atoms with van der Waals surface area (Å²) >= 11 is -2.54. The smallest absolute Gasteiger partial charge is 0.291 e. The summed E-state index contributed by atoms with van der Waals surface area (Å²) in [5, 5.41) is 18.8. The average molecular weight is 414 g/mol. The minimum Gasteiger partial charge on any atom is -0.334 e. The maximum Gasteiger partial charge on any atom is 0.291 e. The fourth-order valence-electron chi connectivity index (χ4n) is 3.85. The number of carbonyl (C=O) groups excluding carboxylic acids is 1. The number of piperidine rings is 1. The van der Waals surface area contributed by atoms with Gasteiger partial charge in [0.2, 0.25) is 5.91 Å². The van der Waals surface area contributed by atoms with Gasteiger partial charge in [-0.1, -0.05) is 42.6 Å². The van der Waals surface area contributed by atoms with Crippen LogP contribution in [0.4, 0.5) is 0 Å². The maximum atomic E-state index is 13.1. The molecule has 0 bridgehead atoms. The van der Waals surface area contributed by atoms with Crippen molar-refractivity contribution in [3.63, 3.8) is 0 Å². The van der Waals surface area contributed by atoms with Gasteiger partial charge in [-0.15, -0.1) is 4.33 Å². The number of hydrogen-bond acceptors (Lipinski definition) is 6. The van der Waals surface area contributed by atoms with E-state index in [0.717, 1.165) is 31.5 Å². The van der Waals surface area contributed by atoms with Crippen molar-refractivity contribution in [3.05, 3.63) is 35.4 Å². The number of likely N-dealkylation sites (tertiary alicyclic amines) is 1. The van der Waals surface area contributed by atoms with Crippen molar-refractivity contribution in [2.45, 2.75) is 65.2 Å². The lowest BCUT2D eigenvalue weighted by Crippen LogP contribution is -2.53. The fourth-order valence-corrected chi connectivity index (χ4v) is 4.30. The van der Waals surface area contributed by atoms with Crippen molar-refractivity contribution in [1.29, 1.82) is 0 Å². The van der Waals surface area contributed by atoms with Crippen LogP contribution in [0.25, 0.3) is 0 Å². The summed E-state index contributed by atoms with van der Waals surface area (Å²) in [5.41, 5.74) is 1.46. The second-order valence-electron chi connectivity index (χ2n) is 7.02. The number of hydrogen-bond donors (Lipinski definition) is 2. The molecule has 2 atom stereocenters. The Morgan fingerprint density at radius 3 is 2.39 bits per heavy atom. The van der Waals surface area contributed by atoms with Crippen molar-refractivity contribution >= 4 is 17.2 Å². The second kappa shape index (κ2) is 10.4. The van der Waals surface area contributed by atoms with Gasteiger partial charge >= 0.3 is 0 Å². The van der Waals surface area contributed by atoms with Crippen molar-refractivity contribution in [2.75, 3.05) is 13.1 Å². The van der Waals surface area contributed by atoms with Crippen LogP contribution in [0.3, 0.4) is 0 Å². The summed E-state index contributed by atoms with van der Waals surface area (Å²) in [5.74, 6) is -0.334. The highest BCUT2D eigenvalue weighted by molar-refractivity contribution is 7.77. The van der Waals surface area contributed by atoms with E-state index in [1.54, 1.807) is 17.0 Å². The van der Waals surface area contributed by atoms with Gasteiger partial charge in [0.05, 0.1) is 0 Å². The Balaban J connectivity index is 0.00000136. The highest BCUT2D eigenvalue weighted by Crippen LogP contribution is 2.35. The van der Waals surface area contributed by atoms with Crippen molar-refractivity contribution in [1.82, 2.24) is 14.3 Å². The molecule has 2 aliphatic rings. The molecule has 1 aromatic rings. The quantitative estimate of drug-likeness (QED) is 0.569. The molecule has 1 fully saturated rings. The molecule has 0 radical (unpaired) electrons. The van der Waals surface area contributed by atoms with Crippen LogP contribution in [0.5, 0.6) is 0 Å². The van der Waals surface area contributed by atoms with Crippen molar-refractivity contribution < 1.29 is 23.8 Å². The van der Waals surface area contributed by atoms with Crippen molar-refractivity contribution in [2.24, 2.45) is 0 Å².